The maximum atomic E-state index is 12.8. The van der Waals surface area contributed by atoms with Crippen LogP contribution in [0.2, 0.25) is 5.02 Å². The standard InChI is InChI=1S/C16H21ClN2O2.ClH/c17-13-5-3-4-12(10-13)14-11-18-7-8-19(14)16(20)15-6-1-2-9-21-15;/h3-5,10,14-15,18H,1-2,6-9,11H2;1H. The summed E-state index contributed by atoms with van der Waals surface area (Å²) in [6.45, 7) is 3.01. The van der Waals surface area contributed by atoms with Crippen molar-refractivity contribution in [3.8, 4) is 0 Å². The summed E-state index contributed by atoms with van der Waals surface area (Å²) in [6.07, 6.45) is 2.71. The van der Waals surface area contributed by atoms with Crippen molar-refractivity contribution in [1.29, 1.82) is 0 Å². The largest absolute Gasteiger partial charge is 0.368 e. The molecule has 1 N–H and O–H groups in total. The van der Waals surface area contributed by atoms with Crippen molar-refractivity contribution in [2.45, 2.75) is 31.4 Å². The van der Waals surface area contributed by atoms with Crippen molar-refractivity contribution >= 4 is 29.9 Å². The van der Waals surface area contributed by atoms with Crippen LogP contribution in [0.4, 0.5) is 0 Å². The molecule has 2 fully saturated rings. The lowest BCUT2D eigenvalue weighted by Crippen LogP contribution is -2.52. The molecule has 0 spiro atoms. The van der Waals surface area contributed by atoms with Crippen molar-refractivity contribution in [3.63, 3.8) is 0 Å². The molecule has 2 unspecified atom stereocenters. The van der Waals surface area contributed by atoms with Crippen molar-refractivity contribution in [2.24, 2.45) is 0 Å². The number of benzene rings is 1. The number of nitrogens with one attached hydrogen (secondary N) is 1. The van der Waals surface area contributed by atoms with Crippen LogP contribution in [-0.4, -0.2) is 43.2 Å². The third kappa shape index (κ3) is 3.93. The number of hydrogen-bond donors (Lipinski definition) is 1. The summed E-state index contributed by atoms with van der Waals surface area (Å²) in [6, 6.07) is 7.81. The molecular weight excluding hydrogens is 323 g/mol. The smallest absolute Gasteiger partial charge is 0.252 e. The Morgan fingerprint density at radius 2 is 2.23 bits per heavy atom. The molecule has 6 heteroatoms. The zero-order valence-electron chi connectivity index (χ0n) is 12.5. The summed E-state index contributed by atoms with van der Waals surface area (Å²) in [5, 5.41) is 4.07. The highest BCUT2D eigenvalue weighted by Gasteiger charge is 2.33. The Balaban J connectivity index is 0.00000176. The molecule has 2 aliphatic heterocycles. The summed E-state index contributed by atoms with van der Waals surface area (Å²) in [4.78, 5) is 14.7. The number of carbonyl (C=O) groups excluding carboxylic acids is 1. The van der Waals surface area contributed by atoms with Crippen LogP contribution in [0.1, 0.15) is 30.9 Å². The zero-order chi connectivity index (χ0) is 14.7. The number of halogens is 2. The van der Waals surface area contributed by atoms with Gasteiger partial charge in [0, 0.05) is 31.3 Å². The van der Waals surface area contributed by atoms with E-state index in [0.717, 1.165) is 44.5 Å². The first kappa shape index (κ1) is 17.5. The molecule has 0 bridgehead atoms. The molecule has 2 heterocycles. The van der Waals surface area contributed by atoms with E-state index in [1.165, 1.54) is 0 Å². The second-order valence-electron chi connectivity index (χ2n) is 5.66. The fourth-order valence-corrected chi connectivity index (χ4v) is 3.30. The first-order valence-electron chi connectivity index (χ1n) is 7.64. The van der Waals surface area contributed by atoms with E-state index < -0.39 is 0 Å². The minimum atomic E-state index is -0.265. The van der Waals surface area contributed by atoms with Crippen LogP contribution in [0.15, 0.2) is 24.3 Å². The van der Waals surface area contributed by atoms with Crippen LogP contribution >= 0.6 is 24.0 Å². The number of rotatable bonds is 2. The Hall–Kier alpha value is -0.810. The van der Waals surface area contributed by atoms with E-state index in [9.17, 15) is 4.79 Å². The highest BCUT2D eigenvalue weighted by atomic mass is 35.5. The van der Waals surface area contributed by atoms with Gasteiger partial charge in [-0.2, -0.15) is 0 Å². The Labute approximate surface area is 142 Å². The predicted octanol–water partition coefficient (Wildman–Crippen LogP) is 2.80. The minimum Gasteiger partial charge on any atom is -0.368 e. The van der Waals surface area contributed by atoms with Crippen LogP contribution in [0.25, 0.3) is 0 Å². The van der Waals surface area contributed by atoms with Gasteiger partial charge in [-0.1, -0.05) is 23.7 Å². The minimum absolute atomic E-state index is 0. The van der Waals surface area contributed by atoms with Crippen molar-refractivity contribution < 1.29 is 9.53 Å². The molecule has 4 nitrogen and oxygen atoms in total. The van der Waals surface area contributed by atoms with Gasteiger partial charge in [0.05, 0.1) is 6.04 Å². The van der Waals surface area contributed by atoms with Gasteiger partial charge < -0.3 is 15.0 Å². The SMILES string of the molecule is Cl.O=C(C1CCCCO1)N1CCNCC1c1cccc(Cl)c1. The summed E-state index contributed by atoms with van der Waals surface area (Å²) in [5.74, 6) is 0.126. The van der Waals surface area contributed by atoms with E-state index in [1.807, 2.05) is 29.2 Å². The Morgan fingerprint density at radius 3 is 2.95 bits per heavy atom. The van der Waals surface area contributed by atoms with E-state index in [4.69, 9.17) is 16.3 Å². The Morgan fingerprint density at radius 1 is 1.36 bits per heavy atom. The van der Waals surface area contributed by atoms with Gasteiger partial charge in [-0.25, -0.2) is 0 Å². The molecule has 22 heavy (non-hydrogen) atoms. The monoisotopic (exact) mass is 344 g/mol. The summed E-state index contributed by atoms with van der Waals surface area (Å²) in [5.41, 5.74) is 1.08. The average Bonchev–Trinajstić information content (AvgIpc) is 2.55. The average molecular weight is 345 g/mol. The quantitative estimate of drug-likeness (QED) is 0.896. The van der Waals surface area contributed by atoms with Crippen molar-refractivity contribution in [2.75, 3.05) is 26.2 Å². The Kier molecular flexibility index (Phi) is 6.50. The summed E-state index contributed by atoms with van der Waals surface area (Å²) < 4.78 is 5.66. The van der Waals surface area contributed by atoms with Gasteiger partial charge in [-0.15, -0.1) is 12.4 Å². The van der Waals surface area contributed by atoms with Gasteiger partial charge in [0.1, 0.15) is 6.10 Å². The van der Waals surface area contributed by atoms with Gasteiger partial charge >= 0.3 is 0 Å². The molecule has 0 aliphatic carbocycles. The first-order valence-corrected chi connectivity index (χ1v) is 8.02. The fourth-order valence-electron chi connectivity index (χ4n) is 3.10. The van der Waals surface area contributed by atoms with E-state index in [2.05, 4.69) is 5.32 Å². The van der Waals surface area contributed by atoms with Crippen LogP contribution in [0, 0.1) is 0 Å². The number of hydrogen-bond acceptors (Lipinski definition) is 3. The number of piperazine rings is 1. The highest BCUT2D eigenvalue weighted by molar-refractivity contribution is 6.30. The lowest BCUT2D eigenvalue weighted by Gasteiger charge is -2.39. The van der Waals surface area contributed by atoms with E-state index in [0.29, 0.717) is 11.6 Å². The van der Waals surface area contributed by atoms with Crippen LogP contribution in [0.3, 0.4) is 0 Å². The molecule has 1 amide bonds. The Bertz CT molecular complexity index is 507. The summed E-state index contributed by atoms with van der Waals surface area (Å²) >= 11 is 6.09. The van der Waals surface area contributed by atoms with E-state index in [-0.39, 0.29) is 30.5 Å². The van der Waals surface area contributed by atoms with Crippen LogP contribution in [-0.2, 0) is 9.53 Å². The molecule has 0 radical (unpaired) electrons. The number of ether oxygens (including phenoxy) is 1. The number of carbonyl (C=O) groups is 1. The second-order valence-corrected chi connectivity index (χ2v) is 6.10. The maximum absolute atomic E-state index is 12.8. The van der Waals surface area contributed by atoms with Crippen molar-refractivity contribution in [1.82, 2.24) is 10.2 Å². The predicted molar refractivity (Wildman–Crippen MR) is 89.6 cm³/mol. The van der Waals surface area contributed by atoms with Gasteiger partial charge in [-0.3, -0.25) is 4.79 Å². The summed E-state index contributed by atoms with van der Waals surface area (Å²) in [7, 11) is 0. The molecule has 1 aromatic rings. The zero-order valence-corrected chi connectivity index (χ0v) is 14.0. The fraction of sp³-hybridized carbons (Fsp3) is 0.562. The maximum Gasteiger partial charge on any atom is 0.252 e. The topological polar surface area (TPSA) is 41.6 Å². The number of amides is 1. The second kappa shape index (κ2) is 8.16. The van der Waals surface area contributed by atoms with Gasteiger partial charge in [0.15, 0.2) is 0 Å². The van der Waals surface area contributed by atoms with Gasteiger partial charge in [0.2, 0.25) is 0 Å². The molecule has 2 atom stereocenters. The third-order valence-electron chi connectivity index (χ3n) is 4.22. The van der Waals surface area contributed by atoms with Crippen molar-refractivity contribution in [3.05, 3.63) is 34.9 Å². The molecule has 0 saturated carbocycles. The van der Waals surface area contributed by atoms with Crippen LogP contribution in [0.5, 0.6) is 0 Å². The lowest BCUT2D eigenvalue weighted by atomic mass is 10.0. The molecule has 122 valence electrons. The third-order valence-corrected chi connectivity index (χ3v) is 4.45. The molecular formula is C16H22Cl2N2O2. The van der Waals surface area contributed by atoms with E-state index >= 15 is 0 Å². The molecule has 2 aliphatic rings. The first-order chi connectivity index (χ1) is 10.3. The normalized spacial score (nSPS) is 25.4. The van der Waals surface area contributed by atoms with E-state index in [1.54, 1.807) is 0 Å². The van der Waals surface area contributed by atoms with Crippen LogP contribution < -0.4 is 5.32 Å². The highest BCUT2D eigenvalue weighted by Crippen LogP contribution is 2.27. The van der Waals surface area contributed by atoms with Gasteiger partial charge in [-0.05, 0) is 37.0 Å². The van der Waals surface area contributed by atoms with Gasteiger partial charge in [0.25, 0.3) is 5.91 Å². The molecule has 3 rings (SSSR count). The molecule has 2 saturated heterocycles. The molecule has 1 aromatic carbocycles. The molecule has 0 aromatic heterocycles. The number of nitrogens with zero attached hydrogens (tertiary/aromatic N) is 1. The lowest BCUT2D eigenvalue weighted by molar-refractivity contribution is -0.150.